The van der Waals surface area contributed by atoms with Crippen LogP contribution in [0.5, 0.6) is 11.5 Å². The van der Waals surface area contributed by atoms with Crippen LogP contribution in [-0.2, 0) is 16.0 Å². The molecule has 0 atom stereocenters. The normalized spacial score (nSPS) is 14.1. The van der Waals surface area contributed by atoms with Crippen molar-refractivity contribution >= 4 is 40.7 Å². The summed E-state index contributed by atoms with van der Waals surface area (Å²) in [4.78, 5) is 41.4. The first-order chi connectivity index (χ1) is 20.3. The highest BCUT2D eigenvalue weighted by Gasteiger charge is 2.25. The number of hydrogen-bond donors (Lipinski definition) is 4. The second-order valence-electron chi connectivity index (χ2n) is 10.1. The first-order valence-electron chi connectivity index (χ1n) is 14.1. The van der Waals surface area contributed by atoms with Crippen molar-refractivity contribution in [1.82, 2.24) is 15.2 Å². The summed E-state index contributed by atoms with van der Waals surface area (Å²) in [6.07, 6.45) is 3.17. The first kappa shape index (κ1) is 30.4. The van der Waals surface area contributed by atoms with Crippen LogP contribution >= 0.6 is 0 Å². The lowest BCUT2D eigenvalue weighted by molar-refractivity contribution is -0.115. The van der Waals surface area contributed by atoms with Crippen molar-refractivity contribution in [3.63, 3.8) is 0 Å². The molecule has 0 bridgehead atoms. The number of methoxy groups -OCH3 is 2. The highest BCUT2D eigenvalue weighted by atomic mass is 16.5. The summed E-state index contributed by atoms with van der Waals surface area (Å²) in [5, 5.41) is 8.59. The number of carbonyl (C=O) groups excluding carboxylic acids is 3. The number of rotatable bonds is 10. The van der Waals surface area contributed by atoms with Gasteiger partial charge in [0.2, 0.25) is 5.91 Å². The van der Waals surface area contributed by atoms with Gasteiger partial charge in [0.1, 0.15) is 17.2 Å². The van der Waals surface area contributed by atoms with Gasteiger partial charge >= 0.3 is 0 Å². The van der Waals surface area contributed by atoms with E-state index in [0.717, 1.165) is 65.6 Å². The number of ether oxygens (including phenoxy) is 2. The molecular formula is C32H39N5O5. The van der Waals surface area contributed by atoms with Gasteiger partial charge in [-0.1, -0.05) is 19.9 Å². The molecule has 4 N–H and O–H groups in total. The van der Waals surface area contributed by atoms with Gasteiger partial charge in [0.05, 0.1) is 31.9 Å². The summed E-state index contributed by atoms with van der Waals surface area (Å²) < 4.78 is 10.2. The van der Waals surface area contributed by atoms with Crippen molar-refractivity contribution < 1.29 is 23.9 Å². The highest BCUT2D eigenvalue weighted by molar-refractivity contribution is 6.35. The fourth-order valence-electron chi connectivity index (χ4n) is 4.95. The minimum atomic E-state index is -0.173. The van der Waals surface area contributed by atoms with Crippen molar-refractivity contribution in [2.45, 2.75) is 33.6 Å². The molecule has 0 spiro atoms. The second kappa shape index (κ2) is 13.9. The maximum atomic E-state index is 12.6. The van der Waals surface area contributed by atoms with Crippen molar-refractivity contribution in [2.75, 3.05) is 51.0 Å². The Morgan fingerprint density at radius 3 is 2.36 bits per heavy atom. The van der Waals surface area contributed by atoms with Gasteiger partial charge < -0.3 is 35.3 Å². The molecule has 0 saturated carbocycles. The van der Waals surface area contributed by atoms with Gasteiger partial charge in [0.25, 0.3) is 11.8 Å². The molecule has 2 aliphatic heterocycles. The fraction of sp³-hybridized carbons (Fsp3) is 0.344. The zero-order valence-electron chi connectivity index (χ0n) is 24.8. The van der Waals surface area contributed by atoms with E-state index in [1.165, 1.54) is 0 Å². The van der Waals surface area contributed by atoms with E-state index in [9.17, 15) is 14.4 Å². The number of aromatic nitrogens is 1. The van der Waals surface area contributed by atoms with Crippen molar-refractivity contribution in [2.24, 2.45) is 0 Å². The Morgan fingerprint density at radius 1 is 0.976 bits per heavy atom. The van der Waals surface area contributed by atoms with Gasteiger partial charge in [-0.3, -0.25) is 14.4 Å². The van der Waals surface area contributed by atoms with Crippen LogP contribution in [0.25, 0.3) is 11.6 Å². The average Bonchev–Trinajstić information content (AvgIpc) is 3.65. The van der Waals surface area contributed by atoms with Gasteiger partial charge in [-0.2, -0.15) is 0 Å². The van der Waals surface area contributed by atoms with Crippen LogP contribution in [0, 0.1) is 6.92 Å². The summed E-state index contributed by atoms with van der Waals surface area (Å²) in [7, 11) is 3.20. The molecule has 3 amide bonds. The third kappa shape index (κ3) is 7.19. The lowest BCUT2D eigenvalue weighted by atomic mass is 10.1. The van der Waals surface area contributed by atoms with E-state index in [-0.39, 0.29) is 17.7 Å². The van der Waals surface area contributed by atoms with E-state index in [0.29, 0.717) is 30.0 Å². The number of aryl methyl sites for hydroxylation is 1. The molecule has 222 valence electrons. The molecular weight excluding hydrogens is 534 g/mol. The summed E-state index contributed by atoms with van der Waals surface area (Å²) in [6, 6.07) is 13.0. The quantitative estimate of drug-likeness (QED) is 0.210. The van der Waals surface area contributed by atoms with Crippen LogP contribution in [0.1, 0.15) is 53.1 Å². The molecule has 3 aromatic rings. The number of hydrogen-bond acceptors (Lipinski definition) is 6. The number of nitrogens with one attached hydrogen (secondary N) is 4. The Labute approximate surface area is 246 Å². The summed E-state index contributed by atoms with van der Waals surface area (Å²) in [5.41, 5.74) is 6.10. The Balaban J connectivity index is 0.000000279. The molecule has 3 heterocycles. The lowest BCUT2D eigenvalue weighted by Gasteiger charge is -2.17. The monoisotopic (exact) mass is 573 g/mol. The summed E-state index contributed by atoms with van der Waals surface area (Å²) >= 11 is 0. The zero-order valence-corrected chi connectivity index (χ0v) is 24.8. The first-order valence-corrected chi connectivity index (χ1v) is 14.1. The van der Waals surface area contributed by atoms with Crippen LogP contribution in [0.3, 0.4) is 0 Å². The Hall–Kier alpha value is -4.57. The van der Waals surface area contributed by atoms with Crippen LogP contribution in [0.15, 0.2) is 42.5 Å². The van der Waals surface area contributed by atoms with Gasteiger partial charge in [-0.15, -0.1) is 0 Å². The molecule has 0 radical (unpaired) electrons. The molecule has 0 unspecified atom stereocenters. The van der Waals surface area contributed by atoms with E-state index in [2.05, 4.69) is 39.7 Å². The maximum absolute atomic E-state index is 12.6. The minimum Gasteiger partial charge on any atom is -0.497 e. The molecule has 10 heteroatoms. The number of benzene rings is 2. The molecule has 42 heavy (non-hydrogen) atoms. The number of anilines is 2. The Bertz CT molecular complexity index is 1490. The van der Waals surface area contributed by atoms with Crippen LogP contribution in [0.4, 0.5) is 11.4 Å². The molecule has 0 saturated heterocycles. The largest absolute Gasteiger partial charge is 0.497 e. The van der Waals surface area contributed by atoms with Gasteiger partial charge in [-0.05, 0) is 74.4 Å². The minimum absolute atomic E-state index is 0.0539. The van der Waals surface area contributed by atoms with Crippen LogP contribution in [-0.4, -0.2) is 68.0 Å². The molecule has 1 aromatic heterocycles. The number of amides is 3. The predicted octanol–water partition coefficient (Wildman–Crippen LogP) is 4.48. The topological polar surface area (TPSA) is 125 Å². The van der Waals surface area contributed by atoms with Crippen LogP contribution < -0.4 is 25.4 Å². The molecule has 10 nitrogen and oxygen atoms in total. The third-order valence-electron chi connectivity index (χ3n) is 7.35. The van der Waals surface area contributed by atoms with E-state index >= 15 is 0 Å². The van der Waals surface area contributed by atoms with Crippen molar-refractivity contribution in [3.05, 3.63) is 70.5 Å². The molecule has 0 aliphatic carbocycles. The van der Waals surface area contributed by atoms with E-state index < -0.39 is 0 Å². The standard InChI is InChI=1S/C23H30N4O3.C9H9NO2/c1-5-27(6-2)11-7-10-24-23(29)21-15(3)12-16(25-21)13-19-18-9-8-17(30-4)14-20(18)26-22(19)28;1-12-7-3-2-6-4-9(11)10-8(6)5-7/h8-9,12-14,25H,5-7,10-11H2,1-4H3,(H,24,29)(H,26,28);2-3,5H,4H2,1H3,(H,10,11). The molecule has 2 aliphatic rings. The molecule has 2 aromatic carbocycles. The molecule has 5 rings (SSSR count). The number of aromatic amines is 1. The smallest absolute Gasteiger partial charge is 0.267 e. The fourth-order valence-corrected chi connectivity index (χ4v) is 4.95. The van der Waals surface area contributed by atoms with E-state index in [1.54, 1.807) is 26.4 Å². The van der Waals surface area contributed by atoms with Crippen molar-refractivity contribution in [3.8, 4) is 11.5 Å². The number of fused-ring (bicyclic) bond motifs is 2. The van der Waals surface area contributed by atoms with Crippen LogP contribution in [0.2, 0.25) is 0 Å². The predicted molar refractivity (Wildman–Crippen MR) is 165 cm³/mol. The summed E-state index contributed by atoms with van der Waals surface area (Å²) in [6.45, 7) is 9.79. The van der Waals surface area contributed by atoms with E-state index in [1.807, 2.05) is 43.3 Å². The molecule has 0 fully saturated rings. The zero-order chi connectivity index (χ0) is 30.2. The number of nitrogens with zero attached hydrogens (tertiary/aromatic N) is 1. The Morgan fingerprint density at radius 2 is 1.67 bits per heavy atom. The lowest BCUT2D eigenvalue weighted by Crippen LogP contribution is -2.30. The maximum Gasteiger partial charge on any atom is 0.267 e. The number of H-pyrrole nitrogens is 1. The SMILES string of the molecule is CCN(CC)CCCNC(=O)c1[nH]c(C=C2C(=O)Nc3cc(OC)ccc32)cc1C.COc1ccc2c(c1)NC(=O)C2. The van der Waals surface area contributed by atoms with E-state index in [4.69, 9.17) is 9.47 Å². The third-order valence-corrected chi connectivity index (χ3v) is 7.35. The highest BCUT2D eigenvalue weighted by Crippen LogP contribution is 2.35. The van der Waals surface area contributed by atoms with Crippen molar-refractivity contribution in [1.29, 1.82) is 0 Å². The average molecular weight is 574 g/mol. The van der Waals surface area contributed by atoms with Gasteiger partial charge in [-0.25, -0.2) is 0 Å². The second-order valence-corrected chi connectivity index (χ2v) is 10.1. The number of carbonyl (C=O) groups is 3. The Kier molecular flexibility index (Phi) is 10.0. The van der Waals surface area contributed by atoms with Gasteiger partial charge in [0.15, 0.2) is 0 Å². The van der Waals surface area contributed by atoms with Gasteiger partial charge in [0, 0.05) is 35.6 Å². The summed E-state index contributed by atoms with van der Waals surface area (Å²) in [5.74, 6) is 1.21.